The molecular weight excluding hydrogens is 292 g/mol. The number of nitriles is 1. The van der Waals surface area contributed by atoms with E-state index in [0.717, 1.165) is 55.6 Å². The van der Waals surface area contributed by atoms with Crippen LogP contribution >= 0.6 is 0 Å². The highest BCUT2D eigenvalue weighted by atomic mass is 16.7. The van der Waals surface area contributed by atoms with Crippen molar-refractivity contribution in [3.63, 3.8) is 0 Å². The summed E-state index contributed by atoms with van der Waals surface area (Å²) in [4.78, 5) is 0. The second-order valence-corrected chi connectivity index (χ2v) is 5.85. The van der Waals surface area contributed by atoms with E-state index in [-0.39, 0.29) is 6.29 Å². The lowest BCUT2D eigenvalue weighted by atomic mass is 9.87. The van der Waals surface area contributed by atoms with Crippen molar-refractivity contribution in [1.29, 1.82) is 5.26 Å². The maximum atomic E-state index is 9.43. The summed E-state index contributed by atoms with van der Waals surface area (Å²) >= 11 is 0. The molecule has 0 radical (unpaired) electrons. The van der Waals surface area contributed by atoms with Crippen molar-refractivity contribution in [1.82, 2.24) is 5.32 Å². The lowest BCUT2D eigenvalue weighted by Crippen LogP contribution is -2.27. The highest BCUT2D eigenvalue weighted by molar-refractivity contribution is 5.45. The summed E-state index contributed by atoms with van der Waals surface area (Å²) in [6, 6.07) is 8.21. The third-order valence-corrected chi connectivity index (χ3v) is 4.29. The van der Waals surface area contributed by atoms with Crippen molar-refractivity contribution >= 4 is 0 Å². The highest BCUT2D eigenvalue weighted by Crippen LogP contribution is 2.30. The van der Waals surface area contributed by atoms with Crippen molar-refractivity contribution < 1.29 is 14.2 Å². The molecule has 1 aromatic carbocycles. The molecule has 2 aliphatic rings. The van der Waals surface area contributed by atoms with Crippen LogP contribution in [0.25, 0.3) is 0 Å². The zero-order valence-corrected chi connectivity index (χ0v) is 13.2. The summed E-state index contributed by atoms with van der Waals surface area (Å²) in [7, 11) is 0. The summed E-state index contributed by atoms with van der Waals surface area (Å²) in [5.74, 6) is 1.23. The smallest absolute Gasteiger partial charge is 0.239 e. The molecule has 1 saturated heterocycles. The molecule has 1 N–H and O–H groups in total. The van der Waals surface area contributed by atoms with Gasteiger partial charge in [-0.3, -0.25) is 0 Å². The Morgan fingerprint density at radius 2 is 2.00 bits per heavy atom. The summed E-state index contributed by atoms with van der Waals surface area (Å²) < 4.78 is 16.2. The zero-order valence-electron chi connectivity index (χ0n) is 13.2. The Balaban J connectivity index is 1.52. The molecule has 0 aromatic heterocycles. The van der Waals surface area contributed by atoms with E-state index in [2.05, 4.69) is 17.5 Å². The molecule has 0 saturated carbocycles. The molecule has 0 aliphatic carbocycles. The maximum absolute atomic E-state index is 9.43. The molecule has 0 atom stereocenters. The first kappa shape index (κ1) is 15.7. The molecule has 3 rings (SSSR count). The largest absolute Gasteiger partial charge is 0.494 e. The lowest BCUT2D eigenvalue weighted by Gasteiger charge is -2.24. The van der Waals surface area contributed by atoms with Gasteiger partial charge in [0.2, 0.25) is 6.29 Å². The average molecular weight is 314 g/mol. The van der Waals surface area contributed by atoms with E-state index < -0.39 is 0 Å². The van der Waals surface area contributed by atoms with Crippen molar-refractivity contribution in [2.24, 2.45) is 0 Å². The van der Waals surface area contributed by atoms with Crippen LogP contribution in [0.5, 0.6) is 5.75 Å². The number of piperidine rings is 1. The van der Waals surface area contributed by atoms with Crippen LogP contribution < -0.4 is 10.1 Å². The van der Waals surface area contributed by atoms with Crippen molar-refractivity contribution in [2.45, 2.75) is 37.9 Å². The highest BCUT2D eigenvalue weighted by Gasteiger charge is 2.18. The van der Waals surface area contributed by atoms with Crippen LogP contribution in [0.15, 0.2) is 30.7 Å². The van der Waals surface area contributed by atoms with E-state index in [0.29, 0.717) is 12.5 Å². The van der Waals surface area contributed by atoms with Gasteiger partial charge >= 0.3 is 0 Å². The van der Waals surface area contributed by atoms with Crippen LogP contribution in [-0.4, -0.2) is 26.0 Å². The summed E-state index contributed by atoms with van der Waals surface area (Å²) in [6.07, 6.45) is 6.73. The summed E-state index contributed by atoms with van der Waals surface area (Å²) in [5, 5.41) is 12.8. The number of hydrogen-bond acceptors (Lipinski definition) is 5. The van der Waals surface area contributed by atoms with Gasteiger partial charge < -0.3 is 19.5 Å². The fourth-order valence-electron chi connectivity index (χ4n) is 3.06. The van der Waals surface area contributed by atoms with Gasteiger partial charge in [-0.05, 0) is 56.0 Å². The molecule has 23 heavy (non-hydrogen) atoms. The molecule has 0 spiro atoms. The fraction of sp³-hybridized carbons (Fsp3) is 0.500. The Morgan fingerprint density at radius 1 is 1.22 bits per heavy atom. The molecule has 5 heteroatoms. The van der Waals surface area contributed by atoms with Crippen LogP contribution in [0.4, 0.5) is 0 Å². The van der Waals surface area contributed by atoms with E-state index >= 15 is 0 Å². The van der Waals surface area contributed by atoms with Crippen LogP contribution in [-0.2, 0) is 9.47 Å². The molecular formula is C18H22N2O3. The Morgan fingerprint density at radius 3 is 2.74 bits per heavy atom. The standard InChI is InChI=1S/C18H22N2O3/c19-13-15-12-16(21-9-1-2-18-22-10-11-23-18)3-4-17(15)14-5-7-20-8-6-14/h3-4,10-12,14,18,20H,1-2,5-9H2. The van der Waals surface area contributed by atoms with Crippen molar-refractivity contribution in [3.05, 3.63) is 41.9 Å². The van der Waals surface area contributed by atoms with E-state index in [1.54, 1.807) is 12.5 Å². The van der Waals surface area contributed by atoms with Gasteiger partial charge in [-0.2, -0.15) is 5.26 Å². The van der Waals surface area contributed by atoms with Gasteiger partial charge in [-0.15, -0.1) is 0 Å². The van der Waals surface area contributed by atoms with Crippen LogP contribution in [0, 0.1) is 11.3 Å². The first-order chi connectivity index (χ1) is 11.4. The van der Waals surface area contributed by atoms with E-state index in [4.69, 9.17) is 14.2 Å². The van der Waals surface area contributed by atoms with Gasteiger partial charge in [0.25, 0.3) is 0 Å². The van der Waals surface area contributed by atoms with E-state index in [1.807, 2.05) is 12.1 Å². The predicted molar refractivity (Wildman–Crippen MR) is 85.8 cm³/mol. The number of nitrogens with one attached hydrogen (secondary N) is 1. The number of rotatable bonds is 6. The Hall–Kier alpha value is -2.19. The Kier molecular flexibility index (Phi) is 5.38. The first-order valence-corrected chi connectivity index (χ1v) is 8.20. The van der Waals surface area contributed by atoms with Crippen molar-refractivity contribution in [2.75, 3.05) is 19.7 Å². The van der Waals surface area contributed by atoms with Gasteiger partial charge in [-0.1, -0.05) is 6.07 Å². The Labute approximate surface area is 136 Å². The summed E-state index contributed by atoms with van der Waals surface area (Å²) in [5.41, 5.74) is 1.89. The molecule has 5 nitrogen and oxygen atoms in total. The zero-order chi connectivity index (χ0) is 15.9. The molecule has 1 fully saturated rings. The third kappa shape index (κ3) is 4.17. The second-order valence-electron chi connectivity index (χ2n) is 5.85. The third-order valence-electron chi connectivity index (χ3n) is 4.29. The monoisotopic (exact) mass is 314 g/mol. The van der Waals surface area contributed by atoms with Gasteiger partial charge in [0.05, 0.1) is 18.2 Å². The molecule has 0 amide bonds. The molecule has 122 valence electrons. The van der Waals surface area contributed by atoms with Gasteiger partial charge in [0.15, 0.2) is 0 Å². The summed E-state index contributed by atoms with van der Waals surface area (Å²) in [6.45, 7) is 2.63. The quantitative estimate of drug-likeness (QED) is 0.818. The predicted octanol–water partition coefficient (Wildman–Crippen LogP) is 3.03. The van der Waals surface area contributed by atoms with E-state index in [9.17, 15) is 5.26 Å². The van der Waals surface area contributed by atoms with Crippen LogP contribution in [0.2, 0.25) is 0 Å². The molecule has 0 bridgehead atoms. The lowest BCUT2D eigenvalue weighted by molar-refractivity contribution is -0.0310. The number of ether oxygens (including phenoxy) is 3. The number of nitrogens with zero attached hydrogens (tertiary/aromatic N) is 1. The molecule has 2 aliphatic heterocycles. The van der Waals surface area contributed by atoms with Gasteiger partial charge in [0, 0.05) is 6.42 Å². The van der Waals surface area contributed by atoms with Gasteiger partial charge in [0.1, 0.15) is 18.3 Å². The topological polar surface area (TPSA) is 63.5 Å². The van der Waals surface area contributed by atoms with E-state index in [1.165, 1.54) is 0 Å². The minimum absolute atomic E-state index is 0.185. The Bertz CT molecular complexity index is 580. The first-order valence-electron chi connectivity index (χ1n) is 8.20. The number of hydrogen-bond donors (Lipinski definition) is 1. The maximum Gasteiger partial charge on any atom is 0.239 e. The van der Waals surface area contributed by atoms with Crippen LogP contribution in [0.3, 0.4) is 0 Å². The van der Waals surface area contributed by atoms with Crippen molar-refractivity contribution in [3.8, 4) is 11.8 Å². The second kappa shape index (κ2) is 7.89. The molecule has 0 unspecified atom stereocenters. The fourth-order valence-corrected chi connectivity index (χ4v) is 3.06. The average Bonchev–Trinajstić information content (AvgIpc) is 3.13. The normalized spacial score (nSPS) is 18.2. The SMILES string of the molecule is N#Cc1cc(OCCCC2OC=CO2)ccc1C1CCNCC1. The molecule has 2 heterocycles. The van der Waals surface area contributed by atoms with Crippen LogP contribution in [0.1, 0.15) is 42.7 Å². The van der Waals surface area contributed by atoms with Gasteiger partial charge in [-0.25, -0.2) is 0 Å². The molecule has 1 aromatic rings. The minimum atomic E-state index is -0.185. The minimum Gasteiger partial charge on any atom is -0.494 e. The number of benzene rings is 1.